The van der Waals surface area contributed by atoms with Gasteiger partial charge in [0.2, 0.25) is 0 Å². The molecular weight excluding hydrogens is 233 g/mol. The molecule has 0 amide bonds. The summed E-state index contributed by atoms with van der Waals surface area (Å²) in [5.41, 5.74) is -4.05. The fraction of sp³-hybridized carbons (Fsp3) is 0.833. The first-order chi connectivity index (χ1) is 7.56. The number of unbranched alkanes of at least 4 members (excludes halogenated alkanes) is 7. The molecule has 0 saturated heterocycles. The lowest BCUT2D eigenvalue weighted by molar-refractivity contribution is -0.0328. The number of hydrogen-bond acceptors (Lipinski definition) is 1. The van der Waals surface area contributed by atoms with Gasteiger partial charge in [-0.25, -0.2) is 0 Å². The summed E-state index contributed by atoms with van der Waals surface area (Å²) in [4.78, 5) is 0. The molecule has 0 spiro atoms. The normalized spacial score (nSPS) is 11.7. The zero-order valence-corrected chi connectivity index (χ0v) is 10.5. The first-order valence-electron chi connectivity index (χ1n) is 5.88. The number of rotatable bonds is 10. The van der Waals surface area contributed by atoms with Gasteiger partial charge in [0.1, 0.15) is 0 Å². The second-order valence-electron chi connectivity index (χ2n) is 3.85. The van der Waals surface area contributed by atoms with Crippen molar-refractivity contribution in [2.24, 2.45) is 0 Å². The second-order valence-corrected chi connectivity index (χ2v) is 5.01. The molecule has 16 heavy (non-hydrogen) atoms. The number of hydrogen-bond donors (Lipinski definition) is 0. The average Bonchev–Trinajstić information content (AvgIpc) is 2.19. The summed E-state index contributed by atoms with van der Waals surface area (Å²) < 4.78 is 35.3. The SMILES string of the molecule is C=CCCCCCCCCCSC(F)(F)F. The Kier molecular flexibility index (Phi) is 9.99. The van der Waals surface area contributed by atoms with E-state index in [1.165, 1.54) is 19.3 Å². The fourth-order valence-corrected chi connectivity index (χ4v) is 2.04. The first-order valence-corrected chi connectivity index (χ1v) is 6.86. The van der Waals surface area contributed by atoms with Crippen molar-refractivity contribution in [2.75, 3.05) is 5.75 Å². The van der Waals surface area contributed by atoms with Gasteiger partial charge >= 0.3 is 5.51 Å². The third kappa shape index (κ3) is 13.9. The van der Waals surface area contributed by atoms with E-state index in [9.17, 15) is 13.2 Å². The molecule has 4 heteroatoms. The van der Waals surface area contributed by atoms with Crippen LogP contribution in [0.5, 0.6) is 0 Å². The molecule has 96 valence electrons. The summed E-state index contributed by atoms with van der Waals surface area (Å²) in [7, 11) is 0. The van der Waals surface area contributed by atoms with Crippen LogP contribution in [-0.2, 0) is 0 Å². The lowest BCUT2D eigenvalue weighted by Gasteiger charge is -2.05. The van der Waals surface area contributed by atoms with E-state index in [2.05, 4.69) is 6.58 Å². The second kappa shape index (κ2) is 10.1. The number of alkyl halides is 3. The molecule has 0 saturated carbocycles. The molecule has 0 radical (unpaired) electrons. The van der Waals surface area contributed by atoms with Gasteiger partial charge in [-0.2, -0.15) is 13.2 Å². The van der Waals surface area contributed by atoms with E-state index in [0.29, 0.717) is 6.42 Å². The molecule has 0 rings (SSSR count). The smallest absolute Gasteiger partial charge is 0.160 e. The maximum absolute atomic E-state index is 11.8. The molecule has 0 aromatic heterocycles. The molecule has 0 fully saturated rings. The van der Waals surface area contributed by atoms with Gasteiger partial charge in [0.05, 0.1) is 0 Å². The molecule has 0 aliphatic heterocycles. The summed E-state index contributed by atoms with van der Waals surface area (Å²) in [6.07, 6.45) is 10.4. The van der Waals surface area contributed by atoms with Crippen LogP contribution < -0.4 is 0 Å². The van der Waals surface area contributed by atoms with E-state index in [1.54, 1.807) is 0 Å². The van der Waals surface area contributed by atoms with Gasteiger partial charge < -0.3 is 0 Å². The van der Waals surface area contributed by atoms with Crippen LogP contribution in [0.25, 0.3) is 0 Å². The van der Waals surface area contributed by atoms with Gasteiger partial charge in [0.25, 0.3) is 0 Å². The average molecular weight is 254 g/mol. The molecule has 0 aromatic rings. The van der Waals surface area contributed by atoms with Crippen molar-refractivity contribution in [3.05, 3.63) is 12.7 Å². The standard InChI is InChI=1S/C12H21F3S/c1-2-3-4-5-6-7-8-9-10-11-16-12(13,14)15/h2H,1,3-11H2. The van der Waals surface area contributed by atoms with Crippen LogP contribution in [0.2, 0.25) is 0 Å². The minimum atomic E-state index is -4.05. The summed E-state index contributed by atoms with van der Waals surface area (Å²) in [6.45, 7) is 3.65. The molecule has 0 atom stereocenters. The highest BCUT2D eigenvalue weighted by atomic mass is 32.2. The fourth-order valence-electron chi connectivity index (χ4n) is 1.46. The lowest BCUT2D eigenvalue weighted by atomic mass is 10.1. The van der Waals surface area contributed by atoms with E-state index in [0.717, 1.165) is 25.7 Å². The summed E-state index contributed by atoms with van der Waals surface area (Å²) in [5.74, 6) is 0.208. The summed E-state index contributed by atoms with van der Waals surface area (Å²) in [5, 5.41) is 0. The van der Waals surface area contributed by atoms with Gasteiger partial charge in [0.15, 0.2) is 0 Å². The molecule has 0 aliphatic rings. The highest BCUT2D eigenvalue weighted by molar-refractivity contribution is 8.00. The summed E-state index contributed by atoms with van der Waals surface area (Å²) >= 11 is 0.0974. The summed E-state index contributed by atoms with van der Waals surface area (Å²) in [6, 6.07) is 0. The van der Waals surface area contributed by atoms with Crippen LogP contribution in [0.15, 0.2) is 12.7 Å². The van der Waals surface area contributed by atoms with Crippen molar-refractivity contribution in [3.8, 4) is 0 Å². The Morgan fingerprint density at radius 2 is 1.38 bits per heavy atom. The topological polar surface area (TPSA) is 0 Å². The van der Waals surface area contributed by atoms with Gasteiger partial charge in [-0.1, -0.05) is 49.9 Å². The molecule has 0 aliphatic carbocycles. The molecule has 0 N–H and O–H groups in total. The Morgan fingerprint density at radius 1 is 0.875 bits per heavy atom. The molecule has 0 bridgehead atoms. The number of allylic oxidation sites excluding steroid dienone is 1. The van der Waals surface area contributed by atoms with Gasteiger partial charge in [-0.3, -0.25) is 0 Å². The van der Waals surface area contributed by atoms with Crippen LogP contribution in [0.4, 0.5) is 13.2 Å². The highest BCUT2D eigenvalue weighted by Crippen LogP contribution is 2.30. The van der Waals surface area contributed by atoms with Crippen molar-refractivity contribution in [2.45, 2.75) is 56.9 Å². The minimum Gasteiger partial charge on any atom is -0.160 e. The van der Waals surface area contributed by atoms with E-state index in [4.69, 9.17) is 0 Å². The Morgan fingerprint density at radius 3 is 1.88 bits per heavy atom. The van der Waals surface area contributed by atoms with Crippen molar-refractivity contribution in [1.29, 1.82) is 0 Å². The predicted molar refractivity (Wildman–Crippen MR) is 65.6 cm³/mol. The number of halogens is 3. The molecule has 0 aromatic carbocycles. The van der Waals surface area contributed by atoms with E-state index >= 15 is 0 Å². The Hall–Kier alpha value is -0.120. The minimum absolute atomic E-state index is 0.0974. The molecule has 0 heterocycles. The van der Waals surface area contributed by atoms with E-state index in [-0.39, 0.29) is 17.5 Å². The zero-order chi connectivity index (χ0) is 12.3. The van der Waals surface area contributed by atoms with Gasteiger partial charge in [0, 0.05) is 5.75 Å². The molecular formula is C12H21F3S. The maximum Gasteiger partial charge on any atom is 0.441 e. The Bertz CT molecular complexity index is 166. The van der Waals surface area contributed by atoms with Crippen LogP contribution in [0.1, 0.15) is 51.4 Å². The van der Waals surface area contributed by atoms with Crippen molar-refractivity contribution >= 4 is 11.8 Å². The maximum atomic E-state index is 11.8. The number of thioether (sulfide) groups is 1. The molecule has 0 nitrogen and oxygen atoms in total. The zero-order valence-electron chi connectivity index (χ0n) is 9.69. The molecule has 0 unspecified atom stereocenters. The van der Waals surface area contributed by atoms with Crippen LogP contribution in [-0.4, -0.2) is 11.3 Å². The van der Waals surface area contributed by atoms with Gasteiger partial charge in [-0.05, 0) is 19.3 Å². The van der Waals surface area contributed by atoms with Crippen LogP contribution in [0.3, 0.4) is 0 Å². The monoisotopic (exact) mass is 254 g/mol. The quantitative estimate of drug-likeness (QED) is 0.364. The largest absolute Gasteiger partial charge is 0.441 e. The van der Waals surface area contributed by atoms with E-state index in [1.807, 2.05) is 6.08 Å². The Balaban J connectivity index is 3.01. The lowest BCUT2D eigenvalue weighted by Crippen LogP contribution is -2.01. The van der Waals surface area contributed by atoms with Crippen LogP contribution in [0, 0.1) is 0 Å². The van der Waals surface area contributed by atoms with E-state index < -0.39 is 5.51 Å². The van der Waals surface area contributed by atoms with Gasteiger partial charge in [-0.15, -0.1) is 6.58 Å². The first kappa shape index (κ1) is 15.9. The predicted octanol–water partition coefficient (Wildman–Crippen LogP) is 5.55. The Labute approximate surface area is 101 Å². The third-order valence-electron chi connectivity index (χ3n) is 2.32. The van der Waals surface area contributed by atoms with Crippen molar-refractivity contribution < 1.29 is 13.2 Å². The van der Waals surface area contributed by atoms with Crippen molar-refractivity contribution in [1.82, 2.24) is 0 Å². The van der Waals surface area contributed by atoms with Crippen LogP contribution >= 0.6 is 11.8 Å². The third-order valence-corrected chi connectivity index (χ3v) is 3.14. The highest BCUT2D eigenvalue weighted by Gasteiger charge is 2.27. The van der Waals surface area contributed by atoms with Crippen molar-refractivity contribution in [3.63, 3.8) is 0 Å².